The normalized spacial score (nSPS) is 17.6. The van der Waals surface area contributed by atoms with Crippen LogP contribution >= 0.6 is 0 Å². The SMILES string of the molecule is CCc1ccc2c(c1)nc(C(F)F)n2-c1cc(N2CCOCC2)cc(N2CCOCC2)c1.CCc1cccc2c1nc(C(F)F)n2-c1cc(N2CCOCC2)cc(N2CCOCC2)c1.FC(F)c1nc2ccccc2n1-c1cc(N2CCOCC2)cc(N2CCOCC2)c1. The largest absolute Gasteiger partial charge is 0.378 e. The van der Waals surface area contributed by atoms with Crippen molar-refractivity contribution in [1.29, 1.82) is 0 Å². The van der Waals surface area contributed by atoms with Gasteiger partial charge in [0, 0.05) is 113 Å². The molecule has 9 aromatic rings. The molecule has 6 aliphatic heterocycles. The van der Waals surface area contributed by atoms with E-state index < -0.39 is 19.3 Å². The highest BCUT2D eigenvalue weighted by Crippen LogP contribution is 2.39. The summed E-state index contributed by atoms with van der Waals surface area (Å²) >= 11 is 0. The first-order valence-electron chi connectivity index (χ1n) is 32.8. The van der Waals surface area contributed by atoms with E-state index >= 15 is 0 Å². The Kier molecular flexibility index (Phi) is 20.4. The Bertz CT molecular complexity index is 3910. The van der Waals surface area contributed by atoms with Crippen LogP contribution < -0.4 is 29.4 Å². The van der Waals surface area contributed by atoms with Crippen molar-refractivity contribution >= 4 is 67.2 Å². The maximum Gasteiger partial charge on any atom is 0.295 e. The molecule has 24 heteroatoms. The molecular formula is C70H80F6N12O6. The molecule has 0 saturated carbocycles. The summed E-state index contributed by atoms with van der Waals surface area (Å²) in [6, 6.07) is 37.2. The molecule has 0 bridgehead atoms. The van der Waals surface area contributed by atoms with Crippen molar-refractivity contribution in [2.24, 2.45) is 0 Å². The van der Waals surface area contributed by atoms with Gasteiger partial charge < -0.3 is 57.8 Å². The predicted octanol–water partition coefficient (Wildman–Crippen LogP) is 12.0. The summed E-state index contributed by atoms with van der Waals surface area (Å²) in [4.78, 5) is 26.5. The molecule has 3 aromatic heterocycles. The Labute approximate surface area is 542 Å². The van der Waals surface area contributed by atoms with E-state index in [-0.39, 0.29) is 17.5 Å². The zero-order valence-electron chi connectivity index (χ0n) is 53.2. The molecule has 0 N–H and O–H groups in total. The number of anilines is 6. The van der Waals surface area contributed by atoms with Crippen molar-refractivity contribution in [3.63, 3.8) is 0 Å². The fourth-order valence-corrected chi connectivity index (χ4v) is 13.3. The Morgan fingerprint density at radius 3 is 0.979 bits per heavy atom. The summed E-state index contributed by atoms with van der Waals surface area (Å²) in [7, 11) is 0. The zero-order chi connectivity index (χ0) is 64.7. The number of halogens is 6. The summed E-state index contributed by atoms with van der Waals surface area (Å²) in [5.41, 5.74) is 14.2. The van der Waals surface area contributed by atoms with Crippen molar-refractivity contribution in [3.8, 4) is 17.1 Å². The molecule has 0 radical (unpaired) electrons. The lowest BCUT2D eigenvalue weighted by Gasteiger charge is -2.33. The monoisotopic (exact) mass is 1300 g/mol. The quantitative estimate of drug-likeness (QED) is 0.0957. The lowest BCUT2D eigenvalue weighted by Crippen LogP contribution is -2.38. The molecule has 94 heavy (non-hydrogen) atoms. The third-order valence-corrected chi connectivity index (χ3v) is 18.2. The van der Waals surface area contributed by atoms with Gasteiger partial charge in [-0.3, -0.25) is 13.7 Å². The number of nitrogens with zero attached hydrogens (tertiary/aromatic N) is 12. The van der Waals surface area contributed by atoms with E-state index in [1.54, 1.807) is 19.8 Å². The number of rotatable bonds is 14. The molecule has 498 valence electrons. The number of benzene rings is 6. The van der Waals surface area contributed by atoms with Crippen molar-refractivity contribution in [2.45, 2.75) is 46.0 Å². The van der Waals surface area contributed by atoms with E-state index in [9.17, 15) is 26.3 Å². The summed E-state index contributed by atoms with van der Waals surface area (Å²) in [6.45, 7) is 21.3. The molecule has 6 saturated heterocycles. The molecule has 18 nitrogen and oxygen atoms in total. The van der Waals surface area contributed by atoms with Crippen molar-refractivity contribution in [2.75, 3.05) is 187 Å². The van der Waals surface area contributed by atoms with Crippen molar-refractivity contribution < 1.29 is 54.8 Å². The van der Waals surface area contributed by atoms with Gasteiger partial charge in [0.1, 0.15) is 0 Å². The van der Waals surface area contributed by atoms with Crippen molar-refractivity contribution in [3.05, 3.63) is 144 Å². The highest BCUT2D eigenvalue weighted by molar-refractivity contribution is 5.84. The highest BCUT2D eigenvalue weighted by atomic mass is 19.3. The average molecular weight is 1300 g/mol. The molecule has 6 aliphatic rings. The van der Waals surface area contributed by atoms with E-state index in [1.165, 1.54) is 0 Å². The topological polar surface area (TPSA) is 128 Å². The van der Waals surface area contributed by atoms with Crippen LogP contribution in [0.2, 0.25) is 0 Å². The van der Waals surface area contributed by atoms with Crippen LogP contribution in [0, 0.1) is 0 Å². The van der Waals surface area contributed by atoms with E-state index in [0.29, 0.717) is 129 Å². The summed E-state index contributed by atoms with van der Waals surface area (Å²) < 4.78 is 122. The Balaban J connectivity index is 0.000000128. The van der Waals surface area contributed by atoms with Gasteiger partial charge in [-0.15, -0.1) is 0 Å². The van der Waals surface area contributed by atoms with Crippen LogP contribution in [-0.2, 0) is 41.3 Å². The summed E-state index contributed by atoms with van der Waals surface area (Å²) in [6.07, 6.45) is -6.45. The Morgan fingerprint density at radius 2 is 0.628 bits per heavy atom. The number of para-hydroxylation sites is 3. The van der Waals surface area contributed by atoms with Crippen LogP contribution in [-0.4, -0.2) is 186 Å². The summed E-state index contributed by atoms with van der Waals surface area (Å²) in [5, 5.41) is 0. The first-order chi connectivity index (χ1) is 46.0. The third-order valence-electron chi connectivity index (χ3n) is 18.2. The number of ether oxygens (including phenoxy) is 6. The zero-order valence-corrected chi connectivity index (χ0v) is 53.2. The fourth-order valence-electron chi connectivity index (χ4n) is 13.3. The number of hydrogen-bond donors (Lipinski definition) is 0. The number of fused-ring (bicyclic) bond motifs is 3. The number of aryl methyl sites for hydroxylation is 2. The van der Waals surface area contributed by atoms with E-state index in [2.05, 4.69) is 62.6 Å². The van der Waals surface area contributed by atoms with Gasteiger partial charge in [-0.2, -0.15) is 0 Å². The molecule has 0 spiro atoms. The Morgan fingerprint density at radius 1 is 0.319 bits per heavy atom. The second kappa shape index (κ2) is 29.7. The van der Waals surface area contributed by atoms with Crippen LogP contribution in [0.1, 0.15) is 61.7 Å². The molecule has 0 aliphatic carbocycles. The summed E-state index contributed by atoms with van der Waals surface area (Å²) in [5.74, 6) is -0.670. The van der Waals surface area contributed by atoms with Gasteiger partial charge in [0.05, 0.1) is 129 Å². The highest BCUT2D eigenvalue weighted by Gasteiger charge is 2.28. The second-order valence-electron chi connectivity index (χ2n) is 23.8. The molecule has 6 fully saturated rings. The minimum absolute atomic E-state index is 0.215. The lowest BCUT2D eigenvalue weighted by atomic mass is 10.1. The van der Waals surface area contributed by atoms with Crippen LogP contribution in [0.25, 0.3) is 50.2 Å². The smallest absolute Gasteiger partial charge is 0.295 e. The van der Waals surface area contributed by atoms with Crippen LogP contribution in [0.3, 0.4) is 0 Å². The second-order valence-corrected chi connectivity index (χ2v) is 23.8. The maximum atomic E-state index is 14.2. The maximum absolute atomic E-state index is 14.2. The predicted molar refractivity (Wildman–Crippen MR) is 355 cm³/mol. The first kappa shape index (κ1) is 64.6. The molecule has 0 unspecified atom stereocenters. The number of hydrogen-bond acceptors (Lipinski definition) is 15. The third kappa shape index (κ3) is 14.1. The van der Waals surface area contributed by atoms with Gasteiger partial charge in [0.15, 0.2) is 17.5 Å². The Hall–Kier alpha value is -8.13. The first-order valence-corrected chi connectivity index (χ1v) is 32.8. The van der Waals surface area contributed by atoms with Crippen molar-refractivity contribution in [1.82, 2.24) is 28.7 Å². The minimum atomic E-state index is -2.68. The molecule has 9 heterocycles. The molecule has 15 rings (SSSR count). The minimum Gasteiger partial charge on any atom is -0.378 e. The molecular weight excluding hydrogens is 1220 g/mol. The molecule has 6 aromatic carbocycles. The fraction of sp³-hybridized carbons (Fsp3) is 0.443. The van der Waals surface area contributed by atoms with E-state index in [4.69, 9.17) is 28.4 Å². The number of morpholine rings is 6. The van der Waals surface area contributed by atoms with Gasteiger partial charge in [-0.25, -0.2) is 41.3 Å². The van der Waals surface area contributed by atoms with E-state index in [1.807, 2.05) is 105 Å². The van der Waals surface area contributed by atoms with Gasteiger partial charge in [0.25, 0.3) is 19.3 Å². The van der Waals surface area contributed by atoms with E-state index in [0.717, 1.165) is 137 Å². The number of aromatic nitrogens is 6. The van der Waals surface area contributed by atoms with Gasteiger partial charge in [-0.1, -0.05) is 44.2 Å². The standard InChI is InChI=1S/2C24H28F2N4O2.C22H24F2N4O2/c1-2-17-3-4-22-21(13-17)27-24(23(25)26)30(22)20-15-18(28-5-9-31-10-6-28)14-19(16-20)29-7-11-32-12-8-29;1-2-17-4-3-5-21-22(17)27-24(23(25)26)30(21)20-15-18(28-6-10-31-11-7-28)14-19(16-20)29-8-12-32-13-9-29;23-21(24)22-25-19-3-1-2-4-20(19)28(22)18-14-16(26-5-9-29-10-6-26)13-17(15-18)27-7-11-30-12-8-27/h3-4,13-16,23H,2,5-12H2,1H3;3-5,14-16,23H,2,6-13H2,1H3;1-4,13-15,21H,5-12H2. The average Bonchev–Trinajstić information content (AvgIpc) is 1.60. The molecule has 0 amide bonds. The number of alkyl halides is 6. The van der Waals surface area contributed by atoms with Gasteiger partial charge in [-0.05, 0) is 109 Å². The lowest BCUT2D eigenvalue weighted by molar-refractivity contribution is 0.122. The molecule has 0 atom stereocenters. The van der Waals surface area contributed by atoms with Gasteiger partial charge >= 0.3 is 0 Å². The van der Waals surface area contributed by atoms with Crippen LogP contribution in [0.4, 0.5) is 60.5 Å². The van der Waals surface area contributed by atoms with Crippen LogP contribution in [0.5, 0.6) is 0 Å². The van der Waals surface area contributed by atoms with Crippen LogP contribution in [0.15, 0.2) is 115 Å². The van der Waals surface area contributed by atoms with Gasteiger partial charge in [0.2, 0.25) is 0 Å². The number of imidazole rings is 3.